The van der Waals surface area contributed by atoms with E-state index in [1.807, 2.05) is 24.3 Å². The van der Waals surface area contributed by atoms with E-state index in [4.69, 9.17) is 5.73 Å². The number of carbonyl (C=O) groups is 1. The average molecular weight is 277 g/mol. The summed E-state index contributed by atoms with van der Waals surface area (Å²) in [7, 11) is 0. The standard InChI is InChI=1S/C17H15N3O/c18-17(21)12-6-5-11-9-16-13-3-1-2-4-14(13)19-7-8-20(16)15(11)10-12/h1-6,9-10,19H,7-8H2,(H2,18,21). The van der Waals surface area contributed by atoms with Gasteiger partial charge in [-0.2, -0.15) is 0 Å². The molecule has 21 heavy (non-hydrogen) atoms. The highest BCUT2D eigenvalue weighted by Gasteiger charge is 2.17. The van der Waals surface area contributed by atoms with E-state index in [0.29, 0.717) is 5.56 Å². The predicted octanol–water partition coefficient (Wildman–Crippen LogP) is 2.83. The third-order valence-electron chi connectivity index (χ3n) is 4.04. The minimum atomic E-state index is -0.389. The third-order valence-corrected chi connectivity index (χ3v) is 4.04. The van der Waals surface area contributed by atoms with E-state index in [2.05, 4.69) is 28.1 Å². The third kappa shape index (κ3) is 1.80. The highest BCUT2D eigenvalue weighted by atomic mass is 16.1. The van der Waals surface area contributed by atoms with Gasteiger partial charge in [0.2, 0.25) is 5.91 Å². The number of benzene rings is 2. The van der Waals surface area contributed by atoms with Crippen molar-refractivity contribution in [2.24, 2.45) is 5.73 Å². The number of primary amides is 1. The SMILES string of the molecule is NC(=O)c1ccc2cc3n(c2c1)CCNc1ccccc1-3. The molecule has 2 heterocycles. The molecule has 1 aliphatic rings. The lowest BCUT2D eigenvalue weighted by molar-refractivity contribution is 0.100. The molecule has 0 unspecified atom stereocenters. The van der Waals surface area contributed by atoms with Crippen molar-refractivity contribution in [3.63, 3.8) is 0 Å². The molecule has 104 valence electrons. The second kappa shape index (κ2) is 4.38. The van der Waals surface area contributed by atoms with E-state index in [9.17, 15) is 4.79 Å². The van der Waals surface area contributed by atoms with Crippen molar-refractivity contribution < 1.29 is 4.79 Å². The Morgan fingerprint density at radius 1 is 1.14 bits per heavy atom. The first-order valence-electron chi connectivity index (χ1n) is 7.00. The number of hydrogen-bond acceptors (Lipinski definition) is 2. The molecule has 1 aliphatic heterocycles. The molecule has 0 atom stereocenters. The van der Waals surface area contributed by atoms with Crippen molar-refractivity contribution in [2.75, 3.05) is 11.9 Å². The van der Waals surface area contributed by atoms with E-state index in [-0.39, 0.29) is 5.91 Å². The Balaban J connectivity index is 2.02. The zero-order chi connectivity index (χ0) is 14.4. The summed E-state index contributed by atoms with van der Waals surface area (Å²) in [4.78, 5) is 11.4. The number of aromatic nitrogens is 1. The second-order valence-corrected chi connectivity index (χ2v) is 5.29. The molecule has 0 bridgehead atoms. The van der Waals surface area contributed by atoms with Crippen LogP contribution >= 0.6 is 0 Å². The molecule has 0 aliphatic carbocycles. The van der Waals surface area contributed by atoms with Crippen LogP contribution in [-0.4, -0.2) is 17.0 Å². The number of fused-ring (bicyclic) bond motifs is 5. The number of carbonyl (C=O) groups excluding carboxylic acids is 1. The van der Waals surface area contributed by atoms with Gasteiger partial charge < -0.3 is 15.6 Å². The average Bonchev–Trinajstić information content (AvgIpc) is 2.75. The Kier molecular flexibility index (Phi) is 2.51. The maximum Gasteiger partial charge on any atom is 0.248 e. The number of nitrogens with two attached hydrogens (primary N) is 1. The van der Waals surface area contributed by atoms with Gasteiger partial charge in [-0.05, 0) is 24.3 Å². The monoisotopic (exact) mass is 277 g/mol. The maximum atomic E-state index is 11.4. The molecule has 3 N–H and O–H groups in total. The molecule has 1 amide bonds. The van der Waals surface area contributed by atoms with Gasteiger partial charge in [0.05, 0.1) is 5.69 Å². The van der Waals surface area contributed by atoms with Crippen LogP contribution in [0.25, 0.3) is 22.2 Å². The molecule has 0 saturated heterocycles. The Labute approximate surface area is 122 Å². The van der Waals surface area contributed by atoms with Gasteiger partial charge in [0.15, 0.2) is 0 Å². The highest BCUT2D eigenvalue weighted by molar-refractivity contribution is 5.98. The van der Waals surface area contributed by atoms with E-state index < -0.39 is 0 Å². The lowest BCUT2D eigenvalue weighted by Gasteiger charge is -2.07. The maximum absolute atomic E-state index is 11.4. The number of nitrogens with one attached hydrogen (secondary N) is 1. The topological polar surface area (TPSA) is 60.1 Å². The zero-order valence-corrected chi connectivity index (χ0v) is 11.5. The first-order chi connectivity index (χ1) is 10.2. The van der Waals surface area contributed by atoms with E-state index in [1.165, 1.54) is 11.3 Å². The molecule has 0 fully saturated rings. The van der Waals surface area contributed by atoms with Crippen LogP contribution in [0.15, 0.2) is 48.5 Å². The molecule has 4 heteroatoms. The number of rotatable bonds is 1. The van der Waals surface area contributed by atoms with Crippen molar-refractivity contribution in [1.82, 2.24) is 4.57 Å². The van der Waals surface area contributed by atoms with Crippen LogP contribution in [0.2, 0.25) is 0 Å². The summed E-state index contributed by atoms with van der Waals surface area (Å²) < 4.78 is 2.25. The summed E-state index contributed by atoms with van der Waals surface area (Å²) in [6, 6.07) is 16.1. The summed E-state index contributed by atoms with van der Waals surface area (Å²) in [5.41, 5.74) is 10.5. The number of anilines is 1. The molecule has 0 spiro atoms. The number of hydrogen-bond donors (Lipinski definition) is 2. The van der Waals surface area contributed by atoms with Crippen LogP contribution < -0.4 is 11.1 Å². The summed E-state index contributed by atoms with van der Waals surface area (Å²) in [6.45, 7) is 1.71. The number of amides is 1. The van der Waals surface area contributed by atoms with Crippen LogP contribution in [0, 0.1) is 0 Å². The first kappa shape index (κ1) is 12.0. The van der Waals surface area contributed by atoms with Crippen molar-refractivity contribution >= 4 is 22.5 Å². The molecule has 4 nitrogen and oxygen atoms in total. The fourth-order valence-corrected chi connectivity index (χ4v) is 3.03. The number of para-hydroxylation sites is 1. The van der Waals surface area contributed by atoms with E-state index in [1.54, 1.807) is 6.07 Å². The Hall–Kier alpha value is -2.75. The van der Waals surface area contributed by atoms with Gasteiger partial charge in [0.25, 0.3) is 0 Å². The summed E-state index contributed by atoms with van der Waals surface area (Å²) in [5.74, 6) is -0.389. The van der Waals surface area contributed by atoms with Crippen molar-refractivity contribution in [3.8, 4) is 11.3 Å². The Morgan fingerprint density at radius 3 is 2.86 bits per heavy atom. The van der Waals surface area contributed by atoms with Gasteiger partial charge in [-0.15, -0.1) is 0 Å². The molecule has 0 saturated carbocycles. The largest absolute Gasteiger partial charge is 0.383 e. The van der Waals surface area contributed by atoms with Gasteiger partial charge in [-0.1, -0.05) is 24.3 Å². The van der Waals surface area contributed by atoms with Gasteiger partial charge in [-0.3, -0.25) is 4.79 Å². The van der Waals surface area contributed by atoms with Crippen molar-refractivity contribution in [1.29, 1.82) is 0 Å². The fraction of sp³-hybridized carbons (Fsp3) is 0.118. The summed E-state index contributed by atoms with van der Waals surface area (Å²) >= 11 is 0. The Morgan fingerprint density at radius 2 is 2.00 bits per heavy atom. The van der Waals surface area contributed by atoms with E-state index in [0.717, 1.165) is 29.7 Å². The van der Waals surface area contributed by atoms with Crippen LogP contribution in [0.4, 0.5) is 5.69 Å². The smallest absolute Gasteiger partial charge is 0.248 e. The molecule has 0 radical (unpaired) electrons. The quantitative estimate of drug-likeness (QED) is 0.718. The lowest BCUT2D eigenvalue weighted by Crippen LogP contribution is -2.11. The minimum absolute atomic E-state index is 0.389. The fourth-order valence-electron chi connectivity index (χ4n) is 3.03. The normalized spacial score (nSPS) is 13.1. The van der Waals surface area contributed by atoms with E-state index >= 15 is 0 Å². The summed E-state index contributed by atoms with van der Waals surface area (Å²) in [6.07, 6.45) is 0. The molecular formula is C17H15N3O. The van der Waals surface area contributed by atoms with Crippen LogP contribution in [0.1, 0.15) is 10.4 Å². The Bertz CT molecular complexity index is 864. The minimum Gasteiger partial charge on any atom is -0.383 e. The molecule has 4 rings (SSSR count). The van der Waals surface area contributed by atoms with Crippen molar-refractivity contribution in [3.05, 3.63) is 54.1 Å². The lowest BCUT2D eigenvalue weighted by atomic mass is 10.1. The molecule has 2 aromatic carbocycles. The van der Waals surface area contributed by atoms with Crippen LogP contribution in [-0.2, 0) is 6.54 Å². The van der Waals surface area contributed by atoms with Gasteiger partial charge in [-0.25, -0.2) is 0 Å². The highest BCUT2D eigenvalue weighted by Crippen LogP contribution is 2.35. The van der Waals surface area contributed by atoms with Crippen LogP contribution in [0.3, 0.4) is 0 Å². The van der Waals surface area contributed by atoms with Crippen molar-refractivity contribution in [2.45, 2.75) is 6.54 Å². The predicted molar refractivity (Wildman–Crippen MR) is 84.4 cm³/mol. The summed E-state index contributed by atoms with van der Waals surface area (Å²) in [5, 5.41) is 4.58. The van der Waals surface area contributed by atoms with Gasteiger partial charge in [0, 0.05) is 40.8 Å². The molecule has 1 aromatic heterocycles. The number of nitrogens with zero attached hydrogens (tertiary/aromatic N) is 1. The molecule has 3 aromatic rings. The van der Waals surface area contributed by atoms with Gasteiger partial charge >= 0.3 is 0 Å². The van der Waals surface area contributed by atoms with Gasteiger partial charge in [0.1, 0.15) is 0 Å². The molecular weight excluding hydrogens is 262 g/mol. The second-order valence-electron chi connectivity index (χ2n) is 5.29. The van der Waals surface area contributed by atoms with Crippen LogP contribution in [0.5, 0.6) is 0 Å². The first-order valence-corrected chi connectivity index (χ1v) is 7.00. The zero-order valence-electron chi connectivity index (χ0n) is 11.5.